The van der Waals surface area contributed by atoms with Crippen LogP contribution in [0.25, 0.3) is 22.1 Å². The smallest absolute Gasteiger partial charge is 0.230 e. The molecule has 2 heterocycles. The van der Waals surface area contributed by atoms with Crippen LogP contribution in [-0.4, -0.2) is 69.6 Å². The van der Waals surface area contributed by atoms with Gasteiger partial charge in [0.2, 0.25) is 11.8 Å². The van der Waals surface area contributed by atoms with Crippen molar-refractivity contribution < 1.29 is 19.1 Å². The van der Waals surface area contributed by atoms with Crippen molar-refractivity contribution in [2.24, 2.45) is 0 Å². The standard InChI is InChI=1S/C24H28N6O4S2/c1-3-33-15-5-7-17-19(11-15)29-23(27-17)35-13-21(31)25-9-10-26-22(32)14-36-24-28-18-8-6-16(34-4-2)12-20(18)30-24/h5-8,11-12H,3-4,9-10,13-14H2,1-2H3,(H,25,31)(H,26,32)(H,27,29)(H,28,30). The Morgan fingerprint density at radius 1 is 0.778 bits per heavy atom. The first kappa shape index (κ1) is 25.7. The SMILES string of the molecule is CCOc1ccc2nc(SCC(=O)NCCNC(=O)CSc3nc4ccc(OCC)cc4[nH]3)[nH]c2c1. The number of thioether (sulfide) groups is 2. The lowest BCUT2D eigenvalue weighted by Gasteiger charge is -2.06. The number of carbonyl (C=O) groups excluding carboxylic acids is 2. The minimum absolute atomic E-state index is 0.132. The van der Waals surface area contributed by atoms with Crippen LogP contribution in [0.1, 0.15) is 13.8 Å². The second-order valence-electron chi connectivity index (χ2n) is 7.59. The zero-order valence-electron chi connectivity index (χ0n) is 20.1. The van der Waals surface area contributed by atoms with E-state index in [9.17, 15) is 9.59 Å². The van der Waals surface area contributed by atoms with Crippen LogP contribution in [0.2, 0.25) is 0 Å². The summed E-state index contributed by atoms with van der Waals surface area (Å²) in [5, 5.41) is 6.93. The summed E-state index contributed by atoms with van der Waals surface area (Å²) in [4.78, 5) is 39.6. The van der Waals surface area contributed by atoms with Crippen LogP contribution in [0.3, 0.4) is 0 Å². The van der Waals surface area contributed by atoms with Crippen LogP contribution in [0.4, 0.5) is 0 Å². The van der Waals surface area contributed by atoms with Gasteiger partial charge in [0.15, 0.2) is 10.3 Å². The van der Waals surface area contributed by atoms with Gasteiger partial charge in [-0.25, -0.2) is 9.97 Å². The molecule has 0 unspecified atom stereocenters. The second-order valence-corrected chi connectivity index (χ2v) is 9.51. The van der Waals surface area contributed by atoms with E-state index < -0.39 is 0 Å². The molecule has 2 amide bonds. The van der Waals surface area contributed by atoms with Crippen molar-refractivity contribution >= 4 is 57.4 Å². The van der Waals surface area contributed by atoms with Crippen LogP contribution in [-0.2, 0) is 9.59 Å². The topological polar surface area (TPSA) is 134 Å². The van der Waals surface area contributed by atoms with Gasteiger partial charge in [-0.2, -0.15) is 0 Å². The average Bonchev–Trinajstić information content (AvgIpc) is 3.47. The van der Waals surface area contributed by atoms with Crippen molar-refractivity contribution in [3.8, 4) is 11.5 Å². The predicted molar refractivity (Wildman–Crippen MR) is 142 cm³/mol. The van der Waals surface area contributed by atoms with E-state index in [4.69, 9.17) is 9.47 Å². The Hall–Kier alpha value is -3.38. The number of aromatic nitrogens is 4. The molecular weight excluding hydrogens is 500 g/mol. The van der Waals surface area contributed by atoms with Crippen molar-refractivity contribution in [3.05, 3.63) is 36.4 Å². The number of rotatable bonds is 13. The Morgan fingerprint density at radius 2 is 1.22 bits per heavy atom. The summed E-state index contributed by atoms with van der Waals surface area (Å²) in [5.41, 5.74) is 3.37. The number of aromatic amines is 2. The van der Waals surface area contributed by atoms with Gasteiger partial charge in [-0.05, 0) is 38.1 Å². The van der Waals surface area contributed by atoms with Gasteiger partial charge >= 0.3 is 0 Å². The molecule has 0 aliphatic heterocycles. The van der Waals surface area contributed by atoms with Crippen molar-refractivity contribution in [2.75, 3.05) is 37.8 Å². The molecular formula is C24H28N6O4S2. The number of nitrogens with zero attached hydrogens (tertiary/aromatic N) is 2. The molecule has 0 saturated carbocycles. The van der Waals surface area contributed by atoms with E-state index in [0.29, 0.717) is 36.6 Å². The Kier molecular flexibility index (Phi) is 8.95. The lowest BCUT2D eigenvalue weighted by molar-refractivity contribution is -0.120. The minimum atomic E-state index is -0.132. The lowest BCUT2D eigenvalue weighted by Crippen LogP contribution is -2.36. The van der Waals surface area contributed by atoms with Crippen LogP contribution in [0, 0.1) is 0 Å². The Morgan fingerprint density at radius 3 is 1.64 bits per heavy atom. The highest BCUT2D eigenvalue weighted by Crippen LogP contribution is 2.24. The predicted octanol–water partition coefficient (Wildman–Crippen LogP) is 3.35. The summed E-state index contributed by atoms with van der Waals surface area (Å²) in [5.74, 6) is 1.73. The van der Waals surface area contributed by atoms with Crippen molar-refractivity contribution in [2.45, 2.75) is 24.2 Å². The summed E-state index contributed by atoms with van der Waals surface area (Å²) in [7, 11) is 0. The van der Waals surface area contributed by atoms with Gasteiger partial charge in [-0.3, -0.25) is 9.59 Å². The monoisotopic (exact) mass is 528 g/mol. The molecule has 2 aromatic heterocycles. The van der Waals surface area contributed by atoms with Gasteiger partial charge in [0, 0.05) is 25.2 Å². The van der Waals surface area contributed by atoms with Crippen molar-refractivity contribution in [1.82, 2.24) is 30.6 Å². The highest BCUT2D eigenvalue weighted by Gasteiger charge is 2.10. The molecule has 4 aromatic rings. The van der Waals surface area contributed by atoms with E-state index >= 15 is 0 Å². The van der Waals surface area contributed by atoms with E-state index in [2.05, 4.69) is 30.6 Å². The fourth-order valence-electron chi connectivity index (χ4n) is 3.35. The van der Waals surface area contributed by atoms with E-state index in [1.807, 2.05) is 50.2 Å². The lowest BCUT2D eigenvalue weighted by atomic mass is 10.3. The first-order valence-corrected chi connectivity index (χ1v) is 13.5. The van der Waals surface area contributed by atoms with Gasteiger partial charge in [0.05, 0.1) is 46.8 Å². The maximum absolute atomic E-state index is 12.1. The summed E-state index contributed by atoms with van der Waals surface area (Å²) >= 11 is 2.64. The zero-order chi connectivity index (χ0) is 25.3. The number of ether oxygens (including phenoxy) is 2. The molecule has 12 heteroatoms. The maximum Gasteiger partial charge on any atom is 0.230 e. The Balaban J connectivity index is 1.13. The third-order valence-electron chi connectivity index (χ3n) is 4.93. The van der Waals surface area contributed by atoms with Gasteiger partial charge in [-0.15, -0.1) is 0 Å². The number of H-pyrrole nitrogens is 2. The van der Waals surface area contributed by atoms with Crippen LogP contribution >= 0.6 is 23.5 Å². The zero-order valence-corrected chi connectivity index (χ0v) is 21.7. The fourth-order valence-corrected chi connectivity index (χ4v) is 4.78. The largest absolute Gasteiger partial charge is 0.494 e. The third kappa shape index (κ3) is 7.08. The highest BCUT2D eigenvalue weighted by atomic mass is 32.2. The maximum atomic E-state index is 12.1. The van der Waals surface area contributed by atoms with Gasteiger partial charge in [0.25, 0.3) is 0 Å². The third-order valence-corrected chi connectivity index (χ3v) is 6.68. The molecule has 0 aliphatic carbocycles. The van der Waals surface area contributed by atoms with Gasteiger partial charge < -0.3 is 30.1 Å². The van der Waals surface area contributed by atoms with Crippen LogP contribution < -0.4 is 20.1 Å². The molecule has 0 aliphatic rings. The quantitative estimate of drug-likeness (QED) is 0.153. The molecule has 0 fully saturated rings. The number of hydrogen-bond donors (Lipinski definition) is 4. The highest BCUT2D eigenvalue weighted by molar-refractivity contribution is 8.00. The van der Waals surface area contributed by atoms with Crippen LogP contribution in [0.5, 0.6) is 11.5 Å². The summed E-state index contributed by atoms with van der Waals surface area (Å²) in [6.45, 7) is 5.75. The van der Waals surface area contributed by atoms with Crippen molar-refractivity contribution in [1.29, 1.82) is 0 Å². The number of amides is 2. The molecule has 0 spiro atoms. The van der Waals surface area contributed by atoms with Gasteiger partial charge in [-0.1, -0.05) is 23.5 Å². The number of benzene rings is 2. The van der Waals surface area contributed by atoms with E-state index in [1.54, 1.807) is 0 Å². The summed E-state index contributed by atoms with van der Waals surface area (Å²) < 4.78 is 11.0. The van der Waals surface area contributed by atoms with E-state index in [-0.39, 0.29) is 23.3 Å². The Labute approximate surface area is 216 Å². The summed E-state index contributed by atoms with van der Waals surface area (Å²) in [6.07, 6.45) is 0. The number of fused-ring (bicyclic) bond motifs is 2. The first-order chi connectivity index (χ1) is 17.5. The number of hydrogen-bond acceptors (Lipinski definition) is 8. The Bertz CT molecular complexity index is 1240. The second kappa shape index (κ2) is 12.5. The average molecular weight is 529 g/mol. The molecule has 4 rings (SSSR count). The molecule has 0 atom stereocenters. The van der Waals surface area contributed by atoms with Crippen molar-refractivity contribution in [3.63, 3.8) is 0 Å². The molecule has 10 nitrogen and oxygen atoms in total. The van der Waals surface area contributed by atoms with Crippen LogP contribution in [0.15, 0.2) is 46.7 Å². The molecule has 0 radical (unpaired) electrons. The van der Waals surface area contributed by atoms with Gasteiger partial charge in [0.1, 0.15) is 11.5 Å². The van der Waals surface area contributed by atoms with E-state index in [1.165, 1.54) is 23.5 Å². The fraction of sp³-hybridized carbons (Fsp3) is 0.333. The van der Waals surface area contributed by atoms with E-state index in [0.717, 1.165) is 33.6 Å². The molecule has 0 saturated heterocycles. The molecule has 2 aromatic carbocycles. The molecule has 0 bridgehead atoms. The summed E-state index contributed by atoms with van der Waals surface area (Å²) in [6, 6.07) is 11.3. The number of imidazole rings is 2. The minimum Gasteiger partial charge on any atom is -0.494 e. The normalized spacial score (nSPS) is 11.1. The number of nitrogens with one attached hydrogen (secondary N) is 4. The molecule has 190 valence electrons. The first-order valence-electron chi connectivity index (χ1n) is 11.6. The number of carbonyl (C=O) groups is 2. The molecule has 4 N–H and O–H groups in total. The molecule has 36 heavy (non-hydrogen) atoms.